The number of piperazine rings is 1. The van der Waals surface area contributed by atoms with Gasteiger partial charge in [0.15, 0.2) is 5.96 Å². The Labute approximate surface area is 177 Å². The zero-order valence-corrected chi connectivity index (χ0v) is 17.5. The van der Waals surface area contributed by atoms with Crippen molar-refractivity contribution in [3.05, 3.63) is 54.9 Å². The van der Waals surface area contributed by atoms with Crippen LogP contribution in [0, 0.1) is 0 Å². The Morgan fingerprint density at radius 2 is 1.83 bits per heavy atom. The Balaban J connectivity index is 1.32. The second-order valence-corrected chi connectivity index (χ2v) is 7.48. The van der Waals surface area contributed by atoms with Crippen LogP contribution in [-0.4, -0.2) is 64.8 Å². The number of rotatable bonds is 6. The van der Waals surface area contributed by atoms with Crippen molar-refractivity contribution in [3.8, 4) is 5.75 Å². The van der Waals surface area contributed by atoms with Gasteiger partial charge in [0.1, 0.15) is 5.75 Å². The number of phenolic OH excluding ortho intramolecular Hbond substituents is 1. The summed E-state index contributed by atoms with van der Waals surface area (Å²) in [5, 5.41) is 13.5. The number of phenols is 1. The van der Waals surface area contributed by atoms with E-state index in [2.05, 4.69) is 43.7 Å². The molecule has 7 nitrogen and oxygen atoms in total. The molecule has 0 amide bonds. The van der Waals surface area contributed by atoms with Gasteiger partial charge in [0.25, 0.3) is 0 Å². The van der Waals surface area contributed by atoms with Crippen molar-refractivity contribution < 1.29 is 5.11 Å². The summed E-state index contributed by atoms with van der Waals surface area (Å²) in [5.41, 5.74) is 3.12. The van der Waals surface area contributed by atoms with Gasteiger partial charge in [-0.25, -0.2) is 4.98 Å². The average Bonchev–Trinajstić information content (AvgIpc) is 3.20. The molecule has 0 saturated carbocycles. The molecule has 4 rings (SSSR count). The highest BCUT2D eigenvalue weighted by Gasteiger charge is 2.21. The molecule has 1 saturated heterocycles. The summed E-state index contributed by atoms with van der Waals surface area (Å²) in [6.45, 7) is 8.12. The van der Waals surface area contributed by atoms with Gasteiger partial charge >= 0.3 is 0 Å². The first-order valence-corrected chi connectivity index (χ1v) is 10.7. The lowest BCUT2D eigenvalue weighted by atomic mass is 10.2. The van der Waals surface area contributed by atoms with Crippen molar-refractivity contribution in [2.75, 3.05) is 44.2 Å². The molecule has 30 heavy (non-hydrogen) atoms. The van der Waals surface area contributed by atoms with Gasteiger partial charge in [-0.15, -0.1) is 0 Å². The highest BCUT2D eigenvalue weighted by atomic mass is 16.3. The predicted octanol–water partition coefficient (Wildman–Crippen LogP) is 2.92. The van der Waals surface area contributed by atoms with E-state index in [0.29, 0.717) is 5.75 Å². The van der Waals surface area contributed by atoms with E-state index in [1.54, 1.807) is 6.07 Å². The summed E-state index contributed by atoms with van der Waals surface area (Å²) in [4.78, 5) is 13.9. The van der Waals surface area contributed by atoms with Crippen LogP contribution in [0.3, 0.4) is 0 Å². The Morgan fingerprint density at radius 1 is 1.07 bits per heavy atom. The maximum absolute atomic E-state index is 10.1. The third-order valence-electron chi connectivity index (χ3n) is 5.48. The normalized spacial score (nSPS) is 15.0. The number of fused-ring (bicyclic) bond motifs is 1. The number of nitrogens with zero attached hydrogens (tertiary/aromatic N) is 5. The van der Waals surface area contributed by atoms with Crippen LogP contribution in [0.4, 0.5) is 5.69 Å². The molecule has 0 radical (unpaired) electrons. The number of guanidine groups is 1. The van der Waals surface area contributed by atoms with Crippen LogP contribution < -0.4 is 10.2 Å². The van der Waals surface area contributed by atoms with Gasteiger partial charge < -0.3 is 24.8 Å². The number of aromatic nitrogens is 2. The van der Waals surface area contributed by atoms with E-state index in [0.717, 1.165) is 69.4 Å². The lowest BCUT2D eigenvalue weighted by Crippen LogP contribution is -2.52. The smallest absolute Gasteiger partial charge is 0.194 e. The highest BCUT2D eigenvalue weighted by molar-refractivity contribution is 5.80. The standard InChI is InChI=1S/C23H30N6O/c1-2-24-23(25-12-7-13-29-18-26-19-8-3-4-9-20(19)29)28-16-14-27(15-17-28)21-10-5-6-11-22(21)30/h3-6,8-11,18,30H,2,7,12-17H2,1H3,(H,24,25). The third-order valence-corrected chi connectivity index (χ3v) is 5.48. The van der Waals surface area contributed by atoms with Crippen LogP contribution in [0.25, 0.3) is 11.0 Å². The first-order chi connectivity index (χ1) is 14.8. The molecular weight excluding hydrogens is 376 g/mol. The Bertz CT molecular complexity index is 990. The summed E-state index contributed by atoms with van der Waals surface area (Å²) in [5.74, 6) is 1.32. The van der Waals surface area contributed by atoms with E-state index in [1.807, 2.05) is 36.7 Å². The van der Waals surface area contributed by atoms with Gasteiger partial charge in [-0.3, -0.25) is 4.99 Å². The van der Waals surface area contributed by atoms with Crippen LogP contribution in [0.1, 0.15) is 13.3 Å². The molecule has 0 bridgehead atoms. The number of para-hydroxylation sites is 4. The number of aryl methyl sites for hydroxylation is 1. The molecule has 0 atom stereocenters. The van der Waals surface area contributed by atoms with E-state index in [-0.39, 0.29) is 0 Å². The van der Waals surface area contributed by atoms with E-state index < -0.39 is 0 Å². The van der Waals surface area contributed by atoms with Crippen molar-refractivity contribution in [1.82, 2.24) is 19.8 Å². The molecule has 3 aromatic rings. The quantitative estimate of drug-likeness (QED) is 0.374. The topological polar surface area (TPSA) is 68.9 Å². The molecule has 0 spiro atoms. The van der Waals surface area contributed by atoms with Crippen LogP contribution in [0.5, 0.6) is 5.75 Å². The molecule has 1 aromatic heterocycles. The third kappa shape index (κ3) is 4.50. The minimum absolute atomic E-state index is 0.346. The number of nitrogens with one attached hydrogen (secondary N) is 1. The number of hydrogen-bond donors (Lipinski definition) is 2. The Morgan fingerprint density at radius 3 is 2.63 bits per heavy atom. The molecule has 0 unspecified atom stereocenters. The summed E-state index contributed by atoms with van der Waals surface area (Å²) >= 11 is 0. The number of aliphatic imine (C=N–C) groups is 1. The van der Waals surface area contributed by atoms with Crippen molar-refractivity contribution in [3.63, 3.8) is 0 Å². The first-order valence-electron chi connectivity index (χ1n) is 10.7. The fourth-order valence-electron chi connectivity index (χ4n) is 3.93. The summed E-state index contributed by atoms with van der Waals surface area (Å²) < 4.78 is 2.20. The number of benzene rings is 2. The lowest BCUT2D eigenvalue weighted by Gasteiger charge is -2.37. The molecule has 1 aliphatic rings. The molecule has 2 N–H and O–H groups in total. The average molecular weight is 407 g/mol. The maximum atomic E-state index is 10.1. The summed E-state index contributed by atoms with van der Waals surface area (Å²) in [6, 6.07) is 15.8. The van der Waals surface area contributed by atoms with Gasteiger partial charge in [-0.2, -0.15) is 0 Å². The number of imidazole rings is 1. The van der Waals surface area contributed by atoms with Crippen molar-refractivity contribution in [1.29, 1.82) is 0 Å². The van der Waals surface area contributed by atoms with E-state index >= 15 is 0 Å². The van der Waals surface area contributed by atoms with E-state index in [1.165, 1.54) is 5.52 Å². The summed E-state index contributed by atoms with van der Waals surface area (Å²) in [7, 11) is 0. The van der Waals surface area contributed by atoms with Crippen LogP contribution >= 0.6 is 0 Å². The van der Waals surface area contributed by atoms with Crippen molar-refractivity contribution in [2.24, 2.45) is 4.99 Å². The van der Waals surface area contributed by atoms with E-state index in [4.69, 9.17) is 4.99 Å². The first kappa shape index (κ1) is 20.1. The molecule has 1 aliphatic heterocycles. The van der Waals surface area contributed by atoms with Gasteiger partial charge in [-0.1, -0.05) is 24.3 Å². The van der Waals surface area contributed by atoms with Crippen LogP contribution in [-0.2, 0) is 6.54 Å². The fourth-order valence-corrected chi connectivity index (χ4v) is 3.93. The second-order valence-electron chi connectivity index (χ2n) is 7.48. The zero-order chi connectivity index (χ0) is 20.8. The van der Waals surface area contributed by atoms with Gasteiger partial charge in [0.05, 0.1) is 23.0 Å². The number of anilines is 1. The Kier molecular flexibility index (Phi) is 6.37. The van der Waals surface area contributed by atoms with Gasteiger partial charge in [0.2, 0.25) is 0 Å². The minimum Gasteiger partial charge on any atom is -0.506 e. The van der Waals surface area contributed by atoms with E-state index in [9.17, 15) is 5.11 Å². The van der Waals surface area contributed by atoms with Gasteiger partial charge in [0, 0.05) is 45.8 Å². The van der Waals surface area contributed by atoms with Crippen molar-refractivity contribution in [2.45, 2.75) is 19.9 Å². The Hall–Kier alpha value is -3.22. The molecule has 2 heterocycles. The maximum Gasteiger partial charge on any atom is 0.194 e. The molecule has 0 aliphatic carbocycles. The molecular formula is C23H30N6O. The second kappa shape index (κ2) is 9.52. The minimum atomic E-state index is 0.346. The van der Waals surface area contributed by atoms with Crippen LogP contribution in [0.2, 0.25) is 0 Å². The highest BCUT2D eigenvalue weighted by Crippen LogP contribution is 2.27. The molecule has 1 fully saturated rings. The largest absolute Gasteiger partial charge is 0.506 e. The lowest BCUT2D eigenvalue weighted by molar-refractivity contribution is 0.369. The monoisotopic (exact) mass is 406 g/mol. The molecule has 2 aromatic carbocycles. The SMILES string of the molecule is CCNC(=NCCCn1cnc2ccccc21)N1CCN(c2ccccc2O)CC1. The predicted molar refractivity (Wildman–Crippen MR) is 122 cm³/mol. The molecule has 158 valence electrons. The number of hydrogen-bond acceptors (Lipinski definition) is 4. The van der Waals surface area contributed by atoms with Crippen LogP contribution in [0.15, 0.2) is 59.9 Å². The summed E-state index contributed by atoms with van der Waals surface area (Å²) in [6.07, 6.45) is 2.88. The molecule has 7 heteroatoms. The number of aromatic hydroxyl groups is 1. The fraction of sp³-hybridized carbons (Fsp3) is 0.391. The zero-order valence-electron chi connectivity index (χ0n) is 17.5. The van der Waals surface area contributed by atoms with Gasteiger partial charge in [-0.05, 0) is 37.6 Å². The van der Waals surface area contributed by atoms with Crippen molar-refractivity contribution >= 4 is 22.7 Å².